The van der Waals surface area contributed by atoms with Crippen molar-refractivity contribution in [3.05, 3.63) is 18.0 Å². The van der Waals surface area contributed by atoms with Gasteiger partial charge in [0.25, 0.3) is 0 Å². The van der Waals surface area contributed by atoms with Crippen LogP contribution in [0.2, 0.25) is 0 Å². The largest absolute Gasteiger partial charge is 0.351 e. The Bertz CT molecular complexity index is 314. The van der Waals surface area contributed by atoms with Crippen LogP contribution in [0, 0.1) is 6.92 Å². The lowest BCUT2D eigenvalue weighted by Gasteiger charge is -2.31. The number of aryl methyl sites for hydroxylation is 1. The van der Waals surface area contributed by atoms with Crippen molar-refractivity contribution in [1.82, 2.24) is 14.9 Å². The van der Waals surface area contributed by atoms with Crippen molar-refractivity contribution in [3.63, 3.8) is 0 Å². The zero-order chi connectivity index (χ0) is 11.4. The van der Waals surface area contributed by atoms with Gasteiger partial charge in [0.15, 0.2) is 0 Å². The Labute approximate surface area is 97.1 Å². The van der Waals surface area contributed by atoms with Gasteiger partial charge in [-0.25, -0.2) is 9.97 Å². The Kier molecular flexibility index (Phi) is 3.72. The van der Waals surface area contributed by atoms with Crippen LogP contribution in [0.15, 0.2) is 12.4 Å². The zero-order valence-electron chi connectivity index (χ0n) is 10.1. The number of nitrogens with one attached hydrogen (secondary N) is 1. The molecule has 0 spiro atoms. The SMILES string of the molecule is CCN1CCC(Nc2ncc(C)cn2)CC1. The lowest BCUT2D eigenvalue weighted by atomic mass is 10.1. The molecule has 16 heavy (non-hydrogen) atoms. The predicted molar refractivity (Wildman–Crippen MR) is 65.5 cm³/mol. The van der Waals surface area contributed by atoms with Crippen LogP contribution in [-0.4, -0.2) is 40.5 Å². The number of nitrogens with zero attached hydrogens (tertiary/aromatic N) is 3. The second-order valence-electron chi connectivity index (χ2n) is 4.44. The van der Waals surface area contributed by atoms with Gasteiger partial charge in [-0.2, -0.15) is 0 Å². The van der Waals surface area contributed by atoms with Gasteiger partial charge in [-0.15, -0.1) is 0 Å². The fourth-order valence-corrected chi connectivity index (χ4v) is 2.04. The van der Waals surface area contributed by atoms with Gasteiger partial charge >= 0.3 is 0 Å². The summed E-state index contributed by atoms with van der Waals surface area (Å²) in [5.41, 5.74) is 1.10. The molecule has 0 unspecified atom stereocenters. The van der Waals surface area contributed by atoms with E-state index in [0.717, 1.165) is 18.1 Å². The van der Waals surface area contributed by atoms with Crippen molar-refractivity contribution >= 4 is 5.95 Å². The molecular weight excluding hydrogens is 200 g/mol. The van der Waals surface area contributed by atoms with E-state index in [-0.39, 0.29) is 0 Å². The maximum absolute atomic E-state index is 4.28. The zero-order valence-corrected chi connectivity index (χ0v) is 10.1. The van der Waals surface area contributed by atoms with Crippen molar-refractivity contribution in [1.29, 1.82) is 0 Å². The average Bonchev–Trinajstić information content (AvgIpc) is 2.33. The normalized spacial score (nSPS) is 18.6. The number of aromatic nitrogens is 2. The van der Waals surface area contributed by atoms with E-state index in [4.69, 9.17) is 0 Å². The third-order valence-electron chi connectivity index (χ3n) is 3.15. The minimum atomic E-state index is 0.533. The summed E-state index contributed by atoms with van der Waals surface area (Å²) < 4.78 is 0. The van der Waals surface area contributed by atoms with Crippen LogP contribution in [0.1, 0.15) is 25.3 Å². The molecule has 0 aromatic carbocycles. The molecule has 0 amide bonds. The quantitative estimate of drug-likeness (QED) is 0.841. The molecule has 0 saturated carbocycles. The molecule has 1 aromatic rings. The average molecular weight is 220 g/mol. The molecule has 1 aromatic heterocycles. The van der Waals surface area contributed by atoms with E-state index in [1.165, 1.54) is 25.9 Å². The van der Waals surface area contributed by atoms with Gasteiger partial charge < -0.3 is 10.2 Å². The minimum absolute atomic E-state index is 0.533. The lowest BCUT2D eigenvalue weighted by Crippen LogP contribution is -2.39. The maximum atomic E-state index is 4.28. The first-order valence-corrected chi connectivity index (χ1v) is 6.05. The first-order valence-electron chi connectivity index (χ1n) is 6.05. The van der Waals surface area contributed by atoms with Gasteiger partial charge in [-0.05, 0) is 31.9 Å². The molecular formula is C12H20N4. The highest BCUT2D eigenvalue weighted by molar-refractivity contribution is 5.26. The molecule has 1 N–H and O–H groups in total. The Hall–Kier alpha value is -1.16. The van der Waals surface area contributed by atoms with Gasteiger partial charge in [0.1, 0.15) is 0 Å². The number of anilines is 1. The van der Waals surface area contributed by atoms with Crippen molar-refractivity contribution in [3.8, 4) is 0 Å². The minimum Gasteiger partial charge on any atom is -0.351 e. The second kappa shape index (κ2) is 5.25. The molecule has 0 bridgehead atoms. The summed E-state index contributed by atoms with van der Waals surface area (Å²) in [6, 6.07) is 0.533. The van der Waals surface area contributed by atoms with E-state index in [2.05, 4.69) is 27.1 Å². The summed E-state index contributed by atoms with van der Waals surface area (Å²) in [5, 5.41) is 3.40. The first-order chi connectivity index (χ1) is 7.78. The molecule has 4 nitrogen and oxygen atoms in total. The molecule has 2 heterocycles. The van der Waals surface area contributed by atoms with Crippen LogP contribution in [-0.2, 0) is 0 Å². The van der Waals surface area contributed by atoms with E-state index in [1.54, 1.807) is 0 Å². The van der Waals surface area contributed by atoms with Gasteiger partial charge in [0, 0.05) is 31.5 Å². The van der Waals surface area contributed by atoms with Gasteiger partial charge in [0.2, 0.25) is 5.95 Å². The summed E-state index contributed by atoms with van der Waals surface area (Å²) in [7, 11) is 0. The highest BCUT2D eigenvalue weighted by Crippen LogP contribution is 2.13. The second-order valence-corrected chi connectivity index (χ2v) is 4.44. The smallest absolute Gasteiger partial charge is 0.222 e. The Balaban J connectivity index is 1.84. The number of hydrogen-bond donors (Lipinski definition) is 1. The standard InChI is InChI=1S/C12H20N4/c1-3-16-6-4-11(5-7-16)15-12-13-8-10(2)9-14-12/h8-9,11H,3-7H2,1-2H3,(H,13,14,15). The molecule has 1 aliphatic heterocycles. The fraction of sp³-hybridized carbons (Fsp3) is 0.667. The van der Waals surface area contributed by atoms with E-state index in [1.807, 2.05) is 19.3 Å². The van der Waals surface area contributed by atoms with E-state index in [0.29, 0.717) is 6.04 Å². The summed E-state index contributed by atoms with van der Waals surface area (Å²) in [5.74, 6) is 0.764. The number of piperidine rings is 1. The molecule has 88 valence electrons. The highest BCUT2D eigenvalue weighted by atomic mass is 15.2. The summed E-state index contributed by atoms with van der Waals surface area (Å²) in [4.78, 5) is 11.0. The molecule has 0 atom stereocenters. The van der Waals surface area contributed by atoms with E-state index >= 15 is 0 Å². The molecule has 1 aliphatic rings. The van der Waals surface area contributed by atoms with Crippen molar-refractivity contribution in [2.24, 2.45) is 0 Å². The summed E-state index contributed by atoms with van der Waals surface area (Å²) in [6.45, 7) is 7.74. The Morgan fingerprint density at radius 3 is 2.50 bits per heavy atom. The third-order valence-corrected chi connectivity index (χ3v) is 3.15. The Morgan fingerprint density at radius 2 is 1.94 bits per heavy atom. The van der Waals surface area contributed by atoms with Crippen molar-refractivity contribution in [2.75, 3.05) is 25.0 Å². The third kappa shape index (κ3) is 2.92. The predicted octanol–water partition coefficient (Wildman–Crippen LogP) is 1.68. The van der Waals surface area contributed by atoms with Gasteiger partial charge in [-0.3, -0.25) is 0 Å². The highest BCUT2D eigenvalue weighted by Gasteiger charge is 2.18. The van der Waals surface area contributed by atoms with Crippen LogP contribution in [0.3, 0.4) is 0 Å². The maximum Gasteiger partial charge on any atom is 0.222 e. The molecule has 1 fully saturated rings. The van der Waals surface area contributed by atoms with E-state index in [9.17, 15) is 0 Å². The number of rotatable bonds is 3. The monoisotopic (exact) mass is 220 g/mol. The van der Waals surface area contributed by atoms with Crippen LogP contribution < -0.4 is 5.32 Å². The molecule has 0 aliphatic carbocycles. The molecule has 1 saturated heterocycles. The fourth-order valence-electron chi connectivity index (χ4n) is 2.04. The van der Waals surface area contributed by atoms with Crippen LogP contribution >= 0.6 is 0 Å². The number of likely N-dealkylation sites (tertiary alicyclic amines) is 1. The van der Waals surface area contributed by atoms with Gasteiger partial charge in [0.05, 0.1) is 0 Å². The number of hydrogen-bond acceptors (Lipinski definition) is 4. The van der Waals surface area contributed by atoms with Crippen LogP contribution in [0.5, 0.6) is 0 Å². The van der Waals surface area contributed by atoms with Crippen molar-refractivity contribution in [2.45, 2.75) is 32.7 Å². The Morgan fingerprint density at radius 1 is 1.31 bits per heavy atom. The summed E-state index contributed by atoms with van der Waals surface area (Å²) >= 11 is 0. The van der Waals surface area contributed by atoms with Crippen LogP contribution in [0.25, 0.3) is 0 Å². The lowest BCUT2D eigenvalue weighted by molar-refractivity contribution is 0.229. The molecule has 0 radical (unpaired) electrons. The van der Waals surface area contributed by atoms with E-state index < -0.39 is 0 Å². The first kappa shape index (κ1) is 11.3. The summed E-state index contributed by atoms with van der Waals surface area (Å²) in [6.07, 6.45) is 6.09. The van der Waals surface area contributed by atoms with Crippen molar-refractivity contribution < 1.29 is 0 Å². The van der Waals surface area contributed by atoms with Gasteiger partial charge in [-0.1, -0.05) is 6.92 Å². The molecule has 2 rings (SSSR count). The molecule has 4 heteroatoms. The topological polar surface area (TPSA) is 41.0 Å². The van der Waals surface area contributed by atoms with Crippen LogP contribution in [0.4, 0.5) is 5.95 Å².